The van der Waals surface area contributed by atoms with E-state index in [-0.39, 0.29) is 42.5 Å². The van der Waals surface area contributed by atoms with Gasteiger partial charge in [-0.25, -0.2) is 0 Å². The van der Waals surface area contributed by atoms with Crippen LogP contribution in [0.25, 0.3) is 10.1 Å². The molecule has 2 saturated heterocycles. The van der Waals surface area contributed by atoms with Gasteiger partial charge in [0, 0.05) is 76.6 Å². The molecule has 1 atom stereocenters. The van der Waals surface area contributed by atoms with Gasteiger partial charge in [0.25, 0.3) is 11.8 Å². The predicted molar refractivity (Wildman–Crippen MR) is 202 cm³/mol. The molecule has 2 aromatic carbocycles. The van der Waals surface area contributed by atoms with Gasteiger partial charge >= 0.3 is 0 Å². The molecule has 2 fully saturated rings. The number of allylic oxidation sites excluding steroid dienone is 1. The number of hydrogen-bond acceptors (Lipinski definition) is 10. The third-order valence-electron chi connectivity index (χ3n) is 8.54. The third-order valence-corrected chi connectivity index (χ3v) is 10.6. The zero-order valence-corrected chi connectivity index (χ0v) is 30.3. The average molecular weight is 718 g/mol. The molecule has 264 valence electrons. The molecule has 2 aliphatic rings. The van der Waals surface area contributed by atoms with E-state index in [1.165, 1.54) is 24.5 Å². The SMILES string of the molecule is C=C(/C=C(\C)C(=O)Nc1ccc2sc(C(=O)N3CCSCC3)cc2c1)NC(=O)CCCOc1cc(N=CC2CCCN2C)c(C=O)cc1OC. The lowest BCUT2D eigenvalue weighted by molar-refractivity contribution is -0.120. The van der Waals surface area contributed by atoms with Crippen LogP contribution in [0.2, 0.25) is 0 Å². The number of aliphatic imine (C=N–C) groups is 1. The minimum atomic E-state index is -0.334. The molecule has 2 aliphatic heterocycles. The molecule has 3 heterocycles. The third kappa shape index (κ3) is 9.61. The fraction of sp³-hybridized carbons (Fsp3) is 0.378. The summed E-state index contributed by atoms with van der Waals surface area (Å²) in [5, 5.41) is 6.49. The molecule has 5 rings (SSSR count). The first-order valence-electron chi connectivity index (χ1n) is 16.6. The second-order valence-corrected chi connectivity index (χ2v) is 14.5. The number of nitrogens with one attached hydrogen (secondary N) is 2. The van der Waals surface area contributed by atoms with Gasteiger partial charge in [-0.3, -0.25) is 29.1 Å². The van der Waals surface area contributed by atoms with E-state index in [1.54, 1.807) is 19.1 Å². The fourth-order valence-electron chi connectivity index (χ4n) is 5.73. The highest BCUT2D eigenvalue weighted by atomic mass is 32.2. The standard InChI is InChI=1S/C37H43N5O6S2/c1-24(36(45)40-28-9-10-33-26(18-28)20-34(50-33)37(46)42-12-15-49-16-13-42)17-25(2)39-35(44)8-6-14-48-32-21-30(27(23-43)19-31(32)47-4)38-22-29-7-5-11-41(29)3/h9-10,17-23,29H,2,5-8,11-16H2,1,3-4H3,(H,39,44)(H,40,45)/b24-17+,38-22?. The van der Waals surface area contributed by atoms with E-state index in [4.69, 9.17) is 9.47 Å². The van der Waals surface area contributed by atoms with Gasteiger partial charge < -0.3 is 25.0 Å². The van der Waals surface area contributed by atoms with Crippen molar-refractivity contribution in [3.05, 3.63) is 70.8 Å². The van der Waals surface area contributed by atoms with Crippen molar-refractivity contribution in [2.45, 2.75) is 38.6 Å². The summed E-state index contributed by atoms with van der Waals surface area (Å²) in [6, 6.07) is 11.0. The van der Waals surface area contributed by atoms with Gasteiger partial charge in [0.1, 0.15) is 0 Å². The van der Waals surface area contributed by atoms with Gasteiger partial charge in [0.05, 0.1) is 24.3 Å². The number of anilines is 1. The van der Waals surface area contributed by atoms with Crippen LogP contribution in [0.1, 0.15) is 52.6 Å². The summed E-state index contributed by atoms with van der Waals surface area (Å²) in [4.78, 5) is 59.6. The first-order valence-corrected chi connectivity index (χ1v) is 18.6. The Morgan fingerprint density at radius 2 is 1.90 bits per heavy atom. The van der Waals surface area contributed by atoms with Crippen LogP contribution in [-0.2, 0) is 9.59 Å². The van der Waals surface area contributed by atoms with Gasteiger partial charge in [-0.1, -0.05) is 6.58 Å². The average Bonchev–Trinajstić information content (AvgIpc) is 3.74. The molecule has 0 aliphatic carbocycles. The van der Waals surface area contributed by atoms with Crippen molar-refractivity contribution in [1.82, 2.24) is 15.1 Å². The zero-order chi connectivity index (χ0) is 35.6. The maximum Gasteiger partial charge on any atom is 0.264 e. The molecule has 1 unspecified atom stereocenters. The monoisotopic (exact) mass is 717 g/mol. The van der Waals surface area contributed by atoms with E-state index in [2.05, 4.69) is 34.2 Å². The molecule has 13 heteroatoms. The van der Waals surface area contributed by atoms with Crippen molar-refractivity contribution in [3.63, 3.8) is 0 Å². The number of amides is 3. The number of nitrogens with zero attached hydrogens (tertiary/aromatic N) is 3. The number of ether oxygens (including phenoxy) is 2. The Morgan fingerprint density at radius 1 is 1.10 bits per heavy atom. The van der Waals surface area contributed by atoms with Crippen molar-refractivity contribution >= 4 is 74.8 Å². The van der Waals surface area contributed by atoms with Crippen molar-refractivity contribution in [2.24, 2.45) is 4.99 Å². The van der Waals surface area contributed by atoms with E-state index < -0.39 is 0 Å². The molecular formula is C37H43N5O6S2. The number of carbonyl (C=O) groups is 4. The summed E-state index contributed by atoms with van der Waals surface area (Å²) in [5.74, 6) is 2.20. The van der Waals surface area contributed by atoms with E-state index >= 15 is 0 Å². The van der Waals surface area contributed by atoms with Crippen molar-refractivity contribution in [3.8, 4) is 11.5 Å². The Hall–Kier alpha value is -4.46. The zero-order valence-electron chi connectivity index (χ0n) is 28.7. The lowest BCUT2D eigenvalue weighted by Gasteiger charge is -2.25. The molecule has 11 nitrogen and oxygen atoms in total. The van der Waals surface area contributed by atoms with Crippen LogP contribution in [0.4, 0.5) is 11.4 Å². The minimum absolute atomic E-state index is 0.0526. The Balaban J connectivity index is 1.09. The number of rotatable bonds is 14. The van der Waals surface area contributed by atoms with E-state index in [1.807, 2.05) is 47.1 Å². The Morgan fingerprint density at radius 3 is 2.62 bits per heavy atom. The highest BCUT2D eigenvalue weighted by Crippen LogP contribution is 2.35. The number of methoxy groups -OCH3 is 1. The van der Waals surface area contributed by atoms with Crippen LogP contribution in [0.3, 0.4) is 0 Å². The van der Waals surface area contributed by atoms with E-state index in [0.29, 0.717) is 45.3 Å². The largest absolute Gasteiger partial charge is 0.493 e. The van der Waals surface area contributed by atoms with Gasteiger partial charge in [-0.05, 0) is 81.6 Å². The number of hydrogen-bond donors (Lipinski definition) is 2. The molecule has 0 radical (unpaired) electrons. The molecule has 3 aromatic rings. The van der Waals surface area contributed by atoms with Gasteiger partial charge in [0.15, 0.2) is 17.8 Å². The summed E-state index contributed by atoms with van der Waals surface area (Å²) in [5.41, 5.74) is 2.16. The number of thiophene rings is 1. The topological polar surface area (TPSA) is 130 Å². The molecule has 0 spiro atoms. The first-order chi connectivity index (χ1) is 24.1. The van der Waals surface area contributed by atoms with E-state index in [9.17, 15) is 19.2 Å². The lowest BCUT2D eigenvalue weighted by atomic mass is 10.1. The summed E-state index contributed by atoms with van der Waals surface area (Å²) in [7, 11) is 3.55. The Labute approximate surface area is 300 Å². The van der Waals surface area contributed by atoms with E-state index in [0.717, 1.165) is 60.4 Å². The normalized spacial score (nSPS) is 16.8. The highest BCUT2D eigenvalue weighted by Gasteiger charge is 2.21. The fourth-order valence-corrected chi connectivity index (χ4v) is 7.65. The Bertz CT molecular complexity index is 1810. The van der Waals surface area contributed by atoms with Crippen molar-refractivity contribution in [1.29, 1.82) is 0 Å². The highest BCUT2D eigenvalue weighted by molar-refractivity contribution is 7.99. The number of benzene rings is 2. The summed E-state index contributed by atoms with van der Waals surface area (Å²) in [6.45, 7) is 8.28. The van der Waals surface area contributed by atoms with Gasteiger partial charge in [-0.15, -0.1) is 11.3 Å². The van der Waals surface area contributed by atoms with Crippen LogP contribution < -0.4 is 20.1 Å². The number of fused-ring (bicyclic) bond motifs is 1. The molecule has 2 N–H and O–H groups in total. The molecule has 50 heavy (non-hydrogen) atoms. The van der Waals surface area contributed by atoms with Crippen molar-refractivity contribution in [2.75, 3.05) is 57.2 Å². The van der Waals surface area contributed by atoms with Gasteiger partial charge in [0.2, 0.25) is 5.91 Å². The van der Waals surface area contributed by atoms with Crippen LogP contribution in [0.15, 0.2) is 65.3 Å². The quantitative estimate of drug-likeness (QED) is 0.0675. The molecule has 0 bridgehead atoms. The molecule has 1 aromatic heterocycles. The minimum Gasteiger partial charge on any atom is -0.493 e. The summed E-state index contributed by atoms with van der Waals surface area (Å²) >= 11 is 3.32. The smallest absolute Gasteiger partial charge is 0.264 e. The Kier molecular flexibility index (Phi) is 12.9. The summed E-state index contributed by atoms with van der Waals surface area (Å²) < 4.78 is 12.3. The molecule has 0 saturated carbocycles. The van der Waals surface area contributed by atoms with Crippen LogP contribution in [0.5, 0.6) is 11.5 Å². The van der Waals surface area contributed by atoms with Crippen LogP contribution in [0, 0.1) is 0 Å². The number of aldehydes is 1. The lowest BCUT2D eigenvalue weighted by Crippen LogP contribution is -2.37. The number of likely N-dealkylation sites (tertiary alicyclic amines) is 1. The maximum atomic E-state index is 12.9. The van der Waals surface area contributed by atoms with Crippen LogP contribution in [-0.4, -0.2) is 98.0 Å². The summed E-state index contributed by atoms with van der Waals surface area (Å²) in [6.07, 6.45) is 6.81. The predicted octanol–water partition coefficient (Wildman–Crippen LogP) is 6.08. The molecular weight excluding hydrogens is 675 g/mol. The molecule has 3 amide bonds. The maximum absolute atomic E-state index is 12.9. The second kappa shape index (κ2) is 17.5. The number of thioether (sulfide) groups is 1. The number of carbonyl (C=O) groups excluding carboxylic acids is 4. The van der Waals surface area contributed by atoms with Gasteiger partial charge in [-0.2, -0.15) is 11.8 Å². The van der Waals surface area contributed by atoms with Crippen molar-refractivity contribution < 1.29 is 28.7 Å². The first kappa shape index (κ1) is 36.8. The van der Waals surface area contributed by atoms with Crippen LogP contribution >= 0.6 is 23.1 Å². The second-order valence-electron chi connectivity index (χ2n) is 12.2.